The molecule has 2 atom stereocenters. The summed E-state index contributed by atoms with van der Waals surface area (Å²) in [4.78, 5) is 17.7. The molecule has 0 aromatic heterocycles. The van der Waals surface area contributed by atoms with Crippen molar-refractivity contribution in [2.75, 3.05) is 25.4 Å². The maximum atomic E-state index is 13.0. The number of likely N-dealkylation sites (N-methyl/N-ethyl adjacent to an activating group) is 1. The zero-order valence-corrected chi connectivity index (χ0v) is 13.0. The minimum atomic E-state index is 0.172. The Labute approximate surface area is 126 Å². The fourth-order valence-corrected chi connectivity index (χ4v) is 3.77. The van der Waals surface area contributed by atoms with E-state index in [1.165, 1.54) is 0 Å². The minimum absolute atomic E-state index is 0.172. The van der Waals surface area contributed by atoms with E-state index in [1.54, 1.807) is 0 Å². The SMILES string of the molecule is CCN1CCC2CCC(C1)N2C(=O)c1cc(N)ccc1C. The van der Waals surface area contributed by atoms with Crippen LogP contribution in [0.25, 0.3) is 0 Å². The highest BCUT2D eigenvalue weighted by Crippen LogP contribution is 2.32. The van der Waals surface area contributed by atoms with E-state index in [4.69, 9.17) is 5.73 Å². The van der Waals surface area contributed by atoms with E-state index < -0.39 is 0 Å². The number of anilines is 1. The summed E-state index contributed by atoms with van der Waals surface area (Å²) in [5.74, 6) is 0.172. The molecule has 1 aromatic rings. The van der Waals surface area contributed by atoms with Gasteiger partial charge < -0.3 is 15.5 Å². The van der Waals surface area contributed by atoms with E-state index >= 15 is 0 Å². The second kappa shape index (κ2) is 5.68. The van der Waals surface area contributed by atoms with Crippen molar-refractivity contribution in [3.8, 4) is 0 Å². The smallest absolute Gasteiger partial charge is 0.254 e. The second-order valence-electron chi connectivity index (χ2n) is 6.35. The maximum absolute atomic E-state index is 13.0. The zero-order valence-electron chi connectivity index (χ0n) is 13.0. The lowest BCUT2D eigenvalue weighted by molar-refractivity contribution is 0.0670. The molecule has 0 aliphatic carbocycles. The first-order valence-corrected chi connectivity index (χ1v) is 8.01. The Bertz CT molecular complexity index is 543. The van der Waals surface area contributed by atoms with E-state index in [1.807, 2.05) is 25.1 Å². The summed E-state index contributed by atoms with van der Waals surface area (Å²) in [5.41, 5.74) is 8.34. The van der Waals surface area contributed by atoms with Crippen molar-refractivity contribution in [2.45, 2.75) is 45.2 Å². The third-order valence-electron chi connectivity index (χ3n) is 5.04. The minimum Gasteiger partial charge on any atom is -0.399 e. The number of aryl methyl sites for hydroxylation is 1. The highest BCUT2D eigenvalue weighted by Gasteiger charge is 2.40. The predicted octanol–water partition coefficient (Wildman–Crippen LogP) is 2.28. The third kappa shape index (κ3) is 2.64. The molecule has 3 rings (SSSR count). The summed E-state index contributed by atoms with van der Waals surface area (Å²) in [6.45, 7) is 7.39. The molecule has 21 heavy (non-hydrogen) atoms. The van der Waals surface area contributed by atoms with Crippen molar-refractivity contribution in [3.63, 3.8) is 0 Å². The van der Waals surface area contributed by atoms with E-state index in [0.29, 0.717) is 17.8 Å². The number of carbonyl (C=O) groups excluding carboxylic acids is 1. The Morgan fingerprint density at radius 3 is 2.81 bits per heavy atom. The zero-order chi connectivity index (χ0) is 15.0. The Morgan fingerprint density at radius 1 is 1.29 bits per heavy atom. The van der Waals surface area contributed by atoms with Gasteiger partial charge in [-0.1, -0.05) is 13.0 Å². The Hall–Kier alpha value is -1.55. The number of carbonyl (C=O) groups is 1. The van der Waals surface area contributed by atoms with Gasteiger partial charge in [0.1, 0.15) is 0 Å². The number of nitrogen functional groups attached to an aromatic ring is 1. The predicted molar refractivity (Wildman–Crippen MR) is 85.3 cm³/mol. The van der Waals surface area contributed by atoms with Gasteiger partial charge in [-0.05, 0) is 50.4 Å². The second-order valence-corrected chi connectivity index (χ2v) is 6.35. The molecule has 1 amide bonds. The molecule has 0 saturated carbocycles. The van der Waals surface area contributed by atoms with E-state index in [0.717, 1.165) is 50.0 Å². The number of rotatable bonds is 2. The van der Waals surface area contributed by atoms with E-state index in [2.05, 4.69) is 16.7 Å². The average molecular weight is 287 g/mol. The van der Waals surface area contributed by atoms with Crippen LogP contribution in [0.2, 0.25) is 0 Å². The molecule has 2 fully saturated rings. The van der Waals surface area contributed by atoms with Crippen LogP contribution >= 0.6 is 0 Å². The van der Waals surface area contributed by atoms with Crippen LogP contribution in [-0.4, -0.2) is 47.4 Å². The number of hydrogen-bond donors (Lipinski definition) is 1. The number of amides is 1. The molecule has 2 aliphatic heterocycles. The lowest BCUT2D eigenvalue weighted by atomic mass is 10.1. The number of fused-ring (bicyclic) bond motifs is 2. The molecule has 2 heterocycles. The van der Waals surface area contributed by atoms with Crippen molar-refractivity contribution < 1.29 is 4.79 Å². The van der Waals surface area contributed by atoms with Crippen LogP contribution < -0.4 is 5.73 Å². The van der Waals surface area contributed by atoms with Gasteiger partial charge in [0.2, 0.25) is 0 Å². The molecular formula is C17H25N3O. The van der Waals surface area contributed by atoms with Gasteiger partial charge in [-0.15, -0.1) is 0 Å². The van der Waals surface area contributed by atoms with Gasteiger partial charge in [0.15, 0.2) is 0 Å². The van der Waals surface area contributed by atoms with Crippen LogP contribution in [0.1, 0.15) is 42.1 Å². The van der Waals surface area contributed by atoms with Gasteiger partial charge in [-0.2, -0.15) is 0 Å². The summed E-state index contributed by atoms with van der Waals surface area (Å²) in [5, 5.41) is 0. The molecule has 2 saturated heterocycles. The number of nitrogens with two attached hydrogens (primary N) is 1. The van der Waals surface area contributed by atoms with Crippen molar-refractivity contribution in [2.24, 2.45) is 0 Å². The van der Waals surface area contributed by atoms with Crippen LogP contribution in [0.5, 0.6) is 0 Å². The fourth-order valence-electron chi connectivity index (χ4n) is 3.77. The summed E-state index contributed by atoms with van der Waals surface area (Å²) in [6.07, 6.45) is 3.38. The molecule has 2 aliphatic rings. The highest BCUT2D eigenvalue weighted by molar-refractivity contribution is 5.97. The first-order chi connectivity index (χ1) is 10.1. The van der Waals surface area contributed by atoms with E-state index in [-0.39, 0.29) is 5.91 Å². The normalized spacial score (nSPS) is 25.9. The lowest BCUT2D eigenvalue weighted by Crippen LogP contribution is -2.43. The number of likely N-dealkylation sites (tertiary alicyclic amines) is 1. The number of benzene rings is 1. The maximum Gasteiger partial charge on any atom is 0.254 e. The van der Waals surface area contributed by atoms with Gasteiger partial charge in [-0.25, -0.2) is 0 Å². The van der Waals surface area contributed by atoms with E-state index in [9.17, 15) is 4.79 Å². The summed E-state index contributed by atoms with van der Waals surface area (Å²) < 4.78 is 0. The quantitative estimate of drug-likeness (QED) is 0.849. The van der Waals surface area contributed by atoms with Crippen LogP contribution in [0.3, 0.4) is 0 Å². The van der Waals surface area contributed by atoms with Crippen molar-refractivity contribution in [1.29, 1.82) is 0 Å². The summed E-state index contributed by atoms with van der Waals surface area (Å²) in [7, 11) is 0. The van der Waals surface area contributed by atoms with Gasteiger partial charge in [-0.3, -0.25) is 4.79 Å². The molecule has 2 unspecified atom stereocenters. The molecular weight excluding hydrogens is 262 g/mol. The molecule has 2 bridgehead atoms. The first kappa shape index (κ1) is 14.4. The van der Waals surface area contributed by atoms with Crippen LogP contribution in [0.15, 0.2) is 18.2 Å². The number of hydrogen-bond acceptors (Lipinski definition) is 3. The van der Waals surface area contributed by atoms with Crippen LogP contribution in [0.4, 0.5) is 5.69 Å². The summed E-state index contributed by atoms with van der Waals surface area (Å²) >= 11 is 0. The highest BCUT2D eigenvalue weighted by atomic mass is 16.2. The molecule has 0 spiro atoms. The largest absolute Gasteiger partial charge is 0.399 e. The first-order valence-electron chi connectivity index (χ1n) is 8.01. The average Bonchev–Trinajstić information content (AvgIpc) is 2.76. The number of nitrogens with zero attached hydrogens (tertiary/aromatic N) is 2. The molecule has 4 heteroatoms. The molecule has 4 nitrogen and oxygen atoms in total. The van der Waals surface area contributed by atoms with Gasteiger partial charge >= 0.3 is 0 Å². The van der Waals surface area contributed by atoms with Gasteiger partial charge in [0.25, 0.3) is 5.91 Å². The monoisotopic (exact) mass is 287 g/mol. The lowest BCUT2D eigenvalue weighted by Gasteiger charge is -2.29. The Kier molecular flexibility index (Phi) is 3.89. The standard InChI is InChI=1S/C17H25N3O/c1-3-19-9-8-14-6-7-15(11-19)20(14)17(21)16-10-13(18)5-4-12(16)2/h4-5,10,14-15H,3,6-9,11,18H2,1-2H3. The topological polar surface area (TPSA) is 49.6 Å². The molecule has 114 valence electrons. The van der Waals surface area contributed by atoms with Gasteiger partial charge in [0, 0.05) is 36.4 Å². The molecule has 2 N–H and O–H groups in total. The van der Waals surface area contributed by atoms with Crippen molar-refractivity contribution >= 4 is 11.6 Å². The van der Waals surface area contributed by atoms with Crippen molar-refractivity contribution in [1.82, 2.24) is 9.80 Å². The van der Waals surface area contributed by atoms with Crippen LogP contribution in [0, 0.1) is 6.92 Å². The van der Waals surface area contributed by atoms with Crippen LogP contribution in [-0.2, 0) is 0 Å². The molecule has 0 radical (unpaired) electrons. The summed E-state index contributed by atoms with van der Waals surface area (Å²) in [6, 6.07) is 6.41. The van der Waals surface area contributed by atoms with Crippen molar-refractivity contribution in [3.05, 3.63) is 29.3 Å². The Balaban J connectivity index is 1.88. The third-order valence-corrected chi connectivity index (χ3v) is 5.04. The fraction of sp³-hybridized carbons (Fsp3) is 0.588. The Morgan fingerprint density at radius 2 is 2.05 bits per heavy atom. The van der Waals surface area contributed by atoms with Gasteiger partial charge in [0.05, 0.1) is 0 Å². The molecule has 1 aromatic carbocycles.